The van der Waals surface area contributed by atoms with Crippen molar-refractivity contribution in [2.45, 2.75) is 46.3 Å². The molecule has 0 fully saturated rings. The predicted octanol–water partition coefficient (Wildman–Crippen LogP) is 0.889. The quantitative estimate of drug-likeness (QED) is 0.781. The van der Waals surface area contributed by atoms with Gasteiger partial charge in [0.2, 0.25) is 5.91 Å². The third-order valence-corrected chi connectivity index (χ3v) is 2.51. The first-order valence-corrected chi connectivity index (χ1v) is 5.75. The van der Waals surface area contributed by atoms with Crippen LogP contribution in [0.3, 0.4) is 0 Å². The van der Waals surface area contributed by atoms with E-state index in [9.17, 15) is 9.59 Å². The largest absolute Gasteiger partial charge is 0.336 e. The van der Waals surface area contributed by atoms with Crippen molar-refractivity contribution in [2.24, 2.45) is 0 Å². The Morgan fingerprint density at radius 1 is 1.35 bits per heavy atom. The summed E-state index contributed by atoms with van der Waals surface area (Å²) in [5.41, 5.74) is -0.256. The molecule has 0 atom stereocenters. The van der Waals surface area contributed by atoms with Crippen LogP contribution in [-0.2, 0) is 11.3 Å². The van der Waals surface area contributed by atoms with Gasteiger partial charge in [0.25, 0.3) is 5.56 Å². The van der Waals surface area contributed by atoms with Gasteiger partial charge in [-0.3, -0.25) is 14.6 Å². The third kappa shape index (κ3) is 3.41. The maximum absolute atomic E-state index is 12.1. The molecule has 0 aliphatic heterocycles. The Kier molecular flexibility index (Phi) is 4.43. The van der Waals surface area contributed by atoms with Gasteiger partial charge in [-0.05, 0) is 27.7 Å². The van der Waals surface area contributed by atoms with Crippen LogP contribution in [0.15, 0.2) is 23.4 Å². The lowest BCUT2D eigenvalue weighted by Crippen LogP contribution is -2.44. The van der Waals surface area contributed by atoms with Crippen LogP contribution in [0.2, 0.25) is 0 Å². The molecule has 5 heteroatoms. The number of rotatable bonds is 4. The van der Waals surface area contributed by atoms with Gasteiger partial charge in [-0.15, -0.1) is 0 Å². The van der Waals surface area contributed by atoms with E-state index < -0.39 is 0 Å². The van der Waals surface area contributed by atoms with Crippen LogP contribution in [0, 0.1) is 0 Å². The lowest BCUT2D eigenvalue weighted by atomic mass is 10.2. The lowest BCUT2D eigenvalue weighted by Gasteiger charge is -2.30. The van der Waals surface area contributed by atoms with Crippen molar-refractivity contribution in [1.82, 2.24) is 14.5 Å². The van der Waals surface area contributed by atoms with Crippen molar-refractivity contribution in [3.63, 3.8) is 0 Å². The van der Waals surface area contributed by atoms with Crippen LogP contribution in [0.25, 0.3) is 0 Å². The molecular weight excluding hydrogens is 218 g/mol. The van der Waals surface area contributed by atoms with Crippen molar-refractivity contribution in [2.75, 3.05) is 0 Å². The summed E-state index contributed by atoms with van der Waals surface area (Å²) in [5, 5.41) is 0. The molecular formula is C12H19N3O2. The molecule has 1 rings (SSSR count). The minimum absolute atomic E-state index is 0.0525. The summed E-state index contributed by atoms with van der Waals surface area (Å²) in [6, 6.07) is 0.250. The van der Waals surface area contributed by atoms with Gasteiger partial charge in [0, 0.05) is 24.5 Å². The minimum atomic E-state index is -0.256. The molecule has 17 heavy (non-hydrogen) atoms. The van der Waals surface area contributed by atoms with Crippen molar-refractivity contribution >= 4 is 5.91 Å². The number of hydrogen-bond donors (Lipinski definition) is 0. The molecule has 0 radical (unpaired) electrons. The molecule has 0 aliphatic carbocycles. The van der Waals surface area contributed by atoms with E-state index in [0.717, 1.165) is 0 Å². The van der Waals surface area contributed by atoms with Crippen LogP contribution in [0.4, 0.5) is 0 Å². The van der Waals surface area contributed by atoms with Crippen LogP contribution < -0.4 is 5.56 Å². The molecule has 0 N–H and O–H groups in total. The second-order valence-corrected chi connectivity index (χ2v) is 4.53. The molecule has 0 aromatic carbocycles. The SMILES string of the molecule is CC(C)N(C(=O)Cn1ccncc1=O)C(C)C. The van der Waals surface area contributed by atoms with Gasteiger partial charge in [-0.25, -0.2) is 0 Å². The number of hydrogen-bond acceptors (Lipinski definition) is 3. The maximum atomic E-state index is 12.1. The topological polar surface area (TPSA) is 55.2 Å². The molecule has 0 aliphatic rings. The molecule has 0 saturated heterocycles. The maximum Gasteiger partial charge on any atom is 0.269 e. The van der Waals surface area contributed by atoms with E-state index in [1.807, 2.05) is 27.7 Å². The van der Waals surface area contributed by atoms with Gasteiger partial charge in [-0.2, -0.15) is 0 Å². The summed E-state index contributed by atoms with van der Waals surface area (Å²) in [6.07, 6.45) is 4.24. The fourth-order valence-corrected chi connectivity index (χ4v) is 1.90. The van der Waals surface area contributed by atoms with E-state index in [0.29, 0.717) is 0 Å². The Labute approximate surface area is 101 Å². The fraction of sp³-hybridized carbons (Fsp3) is 0.583. The van der Waals surface area contributed by atoms with Crippen LogP contribution >= 0.6 is 0 Å². The molecule has 0 bridgehead atoms. The van der Waals surface area contributed by atoms with Crippen LogP contribution in [0.5, 0.6) is 0 Å². The highest BCUT2D eigenvalue weighted by Gasteiger charge is 2.20. The number of carbonyl (C=O) groups is 1. The standard InChI is InChI=1S/C12H19N3O2/c1-9(2)15(10(3)4)12(17)8-14-6-5-13-7-11(14)16/h5-7,9-10H,8H2,1-4H3. The first-order chi connectivity index (χ1) is 7.93. The number of aromatic nitrogens is 2. The van der Waals surface area contributed by atoms with Gasteiger partial charge in [-0.1, -0.05) is 0 Å². The second kappa shape index (κ2) is 5.61. The van der Waals surface area contributed by atoms with E-state index in [4.69, 9.17) is 0 Å². The lowest BCUT2D eigenvalue weighted by molar-refractivity contribution is -0.135. The van der Waals surface area contributed by atoms with Crippen molar-refractivity contribution in [3.05, 3.63) is 28.9 Å². The Morgan fingerprint density at radius 3 is 2.41 bits per heavy atom. The average Bonchev–Trinajstić information content (AvgIpc) is 2.20. The fourth-order valence-electron chi connectivity index (χ4n) is 1.90. The normalized spacial score (nSPS) is 10.9. The Morgan fingerprint density at radius 2 is 1.94 bits per heavy atom. The zero-order valence-electron chi connectivity index (χ0n) is 10.8. The summed E-state index contributed by atoms with van der Waals surface area (Å²) in [4.78, 5) is 29.0. The summed E-state index contributed by atoms with van der Waals surface area (Å²) in [6.45, 7) is 7.93. The molecule has 1 heterocycles. The van der Waals surface area contributed by atoms with Crippen LogP contribution in [0.1, 0.15) is 27.7 Å². The van der Waals surface area contributed by atoms with Crippen LogP contribution in [-0.4, -0.2) is 32.4 Å². The average molecular weight is 237 g/mol. The first kappa shape index (κ1) is 13.4. The minimum Gasteiger partial charge on any atom is -0.336 e. The van der Waals surface area contributed by atoms with Gasteiger partial charge in [0.1, 0.15) is 6.54 Å². The zero-order valence-corrected chi connectivity index (χ0v) is 10.8. The smallest absolute Gasteiger partial charge is 0.269 e. The predicted molar refractivity (Wildman–Crippen MR) is 65.6 cm³/mol. The number of amides is 1. The van der Waals surface area contributed by atoms with Gasteiger partial charge in [0.15, 0.2) is 0 Å². The molecule has 1 amide bonds. The van der Waals surface area contributed by atoms with Gasteiger partial charge < -0.3 is 9.47 Å². The van der Waals surface area contributed by atoms with Gasteiger partial charge in [0.05, 0.1) is 6.20 Å². The van der Waals surface area contributed by atoms with Gasteiger partial charge >= 0.3 is 0 Å². The summed E-state index contributed by atoms with van der Waals surface area (Å²) in [7, 11) is 0. The van der Waals surface area contributed by atoms with E-state index in [2.05, 4.69) is 4.98 Å². The highest BCUT2D eigenvalue weighted by atomic mass is 16.2. The first-order valence-electron chi connectivity index (χ1n) is 5.75. The Bertz CT molecular complexity index is 429. The monoisotopic (exact) mass is 237 g/mol. The molecule has 0 saturated carbocycles. The van der Waals surface area contributed by atoms with E-state index >= 15 is 0 Å². The summed E-state index contributed by atoms with van der Waals surface area (Å²) < 4.78 is 1.37. The molecule has 0 spiro atoms. The second-order valence-electron chi connectivity index (χ2n) is 4.53. The molecule has 94 valence electrons. The van der Waals surface area contributed by atoms with E-state index in [1.54, 1.807) is 4.90 Å². The molecule has 1 aromatic rings. The summed E-state index contributed by atoms with van der Waals surface area (Å²) >= 11 is 0. The zero-order chi connectivity index (χ0) is 13.0. The van der Waals surface area contributed by atoms with E-state index in [1.165, 1.54) is 23.2 Å². The summed E-state index contributed by atoms with van der Waals surface area (Å²) in [5.74, 6) is -0.0525. The Hall–Kier alpha value is -1.65. The highest BCUT2D eigenvalue weighted by Crippen LogP contribution is 2.06. The van der Waals surface area contributed by atoms with Crippen molar-refractivity contribution < 1.29 is 4.79 Å². The van der Waals surface area contributed by atoms with E-state index in [-0.39, 0.29) is 30.1 Å². The molecule has 0 unspecified atom stereocenters. The Balaban J connectivity index is 2.85. The molecule has 1 aromatic heterocycles. The third-order valence-electron chi connectivity index (χ3n) is 2.51. The number of carbonyl (C=O) groups excluding carboxylic acids is 1. The number of nitrogens with zero attached hydrogens (tertiary/aromatic N) is 3. The molecule has 5 nitrogen and oxygen atoms in total. The van der Waals surface area contributed by atoms with Crippen molar-refractivity contribution in [3.8, 4) is 0 Å². The van der Waals surface area contributed by atoms with Crippen molar-refractivity contribution in [1.29, 1.82) is 0 Å². The highest BCUT2D eigenvalue weighted by molar-refractivity contribution is 5.76.